The molecule has 0 bridgehead atoms. The first-order valence-electron chi connectivity index (χ1n) is 10.4. The molecular weight excluding hydrogens is 493 g/mol. The van der Waals surface area contributed by atoms with Gasteiger partial charge in [0.05, 0.1) is 0 Å². The second kappa shape index (κ2) is 63.1. The monoisotopic (exact) mass is 538 g/mol. The van der Waals surface area contributed by atoms with Gasteiger partial charge in [0.15, 0.2) is 0 Å². The summed E-state index contributed by atoms with van der Waals surface area (Å²) in [5.41, 5.74) is 0. The van der Waals surface area contributed by atoms with Crippen LogP contribution in [0.5, 0.6) is 0 Å². The molecule has 0 aliphatic heterocycles. The summed E-state index contributed by atoms with van der Waals surface area (Å²) >= 11 is 0. The molecule has 0 aliphatic rings. The molecule has 0 N–H and O–H groups in total. The standard InChI is InChI=1S/5C4H9O2.Nb/c5*1-2-6-4-3-5;/h5*2-4H2,1H3;/q5*-1;+5. The van der Waals surface area contributed by atoms with Crippen molar-refractivity contribution in [1.29, 1.82) is 0 Å². The van der Waals surface area contributed by atoms with E-state index in [2.05, 4.69) is 23.7 Å². The molecule has 0 fully saturated rings. The molecule has 0 unspecified atom stereocenters. The zero-order valence-electron chi connectivity index (χ0n) is 20.1. The number of hydrogen-bond acceptors (Lipinski definition) is 10. The Kier molecular flexibility index (Phi) is 91.5. The summed E-state index contributed by atoms with van der Waals surface area (Å²) in [6.45, 7) is 13.8. The SMILES string of the molecule is CCOCC[O-].CCOCC[O-].CCOCC[O-].CCOCC[O-].CCOCC[O-].[Nb+5]. The van der Waals surface area contributed by atoms with Gasteiger partial charge in [0.2, 0.25) is 0 Å². The van der Waals surface area contributed by atoms with Crippen molar-refractivity contribution < 1.29 is 71.6 Å². The molecule has 0 spiro atoms. The molecule has 0 radical (unpaired) electrons. The molecule has 0 aromatic carbocycles. The second-order valence-corrected chi connectivity index (χ2v) is 4.51. The molecule has 0 heterocycles. The molecule has 0 aromatic heterocycles. The Labute approximate surface area is 205 Å². The van der Waals surface area contributed by atoms with Crippen LogP contribution >= 0.6 is 0 Å². The van der Waals surface area contributed by atoms with Crippen LogP contribution in [0.2, 0.25) is 0 Å². The maximum Gasteiger partial charge on any atom is 5.00 e. The van der Waals surface area contributed by atoms with Gasteiger partial charge in [-0.3, -0.25) is 0 Å². The van der Waals surface area contributed by atoms with Crippen molar-refractivity contribution in [3.8, 4) is 0 Å². The summed E-state index contributed by atoms with van der Waals surface area (Å²) < 4.78 is 23.4. The topological polar surface area (TPSA) is 161 Å². The first-order chi connectivity index (χ1) is 14.6. The van der Waals surface area contributed by atoms with Crippen molar-refractivity contribution in [3.63, 3.8) is 0 Å². The Morgan fingerprint density at radius 2 is 0.484 bits per heavy atom. The fourth-order valence-corrected chi connectivity index (χ4v) is 1.02. The molecule has 0 atom stereocenters. The van der Waals surface area contributed by atoms with Gasteiger partial charge in [0.1, 0.15) is 0 Å². The summed E-state index contributed by atoms with van der Waals surface area (Å²) in [5.74, 6) is 0. The third-order valence-electron chi connectivity index (χ3n) is 2.16. The Balaban J connectivity index is -0.0000000625. The van der Waals surface area contributed by atoms with Crippen molar-refractivity contribution in [1.82, 2.24) is 0 Å². The van der Waals surface area contributed by atoms with Crippen LogP contribution < -0.4 is 25.5 Å². The Morgan fingerprint density at radius 1 is 0.355 bits per heavy atom. The molecule has 0 rings (SSSR count). The Bertz CT molecular complexity index is 140. The normalized spacial score (nSPS) is 8.71. The summed E-state index contributed by atoms with van der Waals surface area (Å²) in [6, 6.07) is 0. The van der Waals surface area contributed by atoms with Gasteiger partial charge < -0.3 is 49.2 Å². The van der Waals surface area contributed by atoms with Crippen molar-refractivity contribution in [2.24, 2.45) is 0 Å². The molecule has 0 saturated carbocycles. The van der Waals surface area contributed by atoms with Crippen molar-refractivity contribution in [2.75, 3.05) is 99.1 Å². The van der Waals surface area contributed by atoms with E-state index in [9.17, 15) is 25.5 Å². The molecule has 0 amide bonds. The maximum absolute atomic E-state index is 9.56. The second-order valence-electron chi connectivity index (χ2n) is 4.51. The van der Waals surface area contributed by atoms with Crippen LogP contribution in [-0.2, 0) is 46.1 Å². The minimum Gasteiger partial charge on any atom is -0.853 e. The summed E-state index contributed by atoms with van der Waals surface area (Å²) in [6.07, 6.45) is 0. The van der Waals surface area contributed by atoms with E-state index in [1.165, 1.54) is 0 Å². The van der Waals surface area contributed by atoms with E-state index in [0.717, 1.165) is 0 Å². The Morgan fingerprint density at radius 3 is 0.516 bits per heavy atom. The van der Waals surface area contributed by atoms with Gasteiger partial charge in [-0.15, -0.1) is 33.0 Å². The van der Waals surface area contributed by atoms with Crippen LogP contribution in [0, 0.1) is 0 Å². The average Bonchev–Trinajstić information content (AvgIpc) is 2.78. The number of ether oxygens (including phenoxy) is 5. The first kappa shape index (κ1) is 44.9. The van der Waals surface area contributed by atoms with E-state index in [-0.39, 0.29) is 55.4 Å². The van der Waals surface area contributed by atoms with Crippen LogP contribution in [-0.4, -0.2) is 99.1 Å². The molecule has 11 heteroatoms. The van der Waals surface area contributed by atoms with Crippen LogP contribution in [0.1, 0.15) is 34.6 Å². The maximum atomic E-state index is 9.56. The van der Waals surface area contributed by atoms with Gasteiger partial charge in [0, 0.05) is 66.1 Å². The molecule has 31 heavy (non-hydrogen) atoms. The van der Waals surface area contributed by atoms with Gasteiger partial charge in [-0.05, 0) is 34.6 Å². The molecule has 10 nitrogen and oxygen atoms in total. The fourth-order valence-electron chi connectivity index (χ4n) is 1.02. The van der Waals surface area contributed by atoms with E-state index >= 15 is 0 Å². The van der Waals surface area contributed by atoms with Crippen molar-refractivity contribution >= 4 is 0 Å². The van der Waals surface area contributed by atoms with Crippen LogP contribution in [0.25, 0.3) is 0 Å². The van der Waals surface area contributed by atoms with Gasteiger partial charge in [-0.25, -0.2) is 0 Å². The smallest absolute Gasteiger partial charge is 0.853 e. The fraction of sp³-hybridized carbons (Fsp3) is 1.00. The summed E-state index contributed by atoms with van der Waals surface area (Å²) in [5, 5.41) is 47.8. The number of hydrogen-bond donors (Lipinski definition) is 0. The first-order valence-corrected chi connectivity index (χ1v) is 10.4. The van der Waals surface area contributed by atoms with Crippen LogP contribution in [0.3, 0.4) is 0 Å². The molecule has 0 aliphatic carbocycles. The van der Waals surface area contributed by atoms with E-state index in [4.69, 9.17) is 0 Å². The van der Waals surface area contributed by atoms with Gasteiger partial charge in [0.25, 0.3) is 0 Å². The minimum atomic E-state index is -0.117. The predicted octanol–water partition coefficient (Wildman–Crippen LogP) is -3.09. The van der Waals surface area contributed by atoms with Crippen molar-refractivity contribution in [3.05, 3.63) is 0 Å². The third kappa shape index (κ3) is 104. The zero-order valence-corrected chi connectivity index (χ0v) is 22.3. The van der Waals surface area contributed by atoms with Gasteiger partial charge in [-0.1, -0.05) is 0 Å². The summed E-state index contributed by atoms with van der Waals surface area (Å²) in [4.78, 5) is 0. The molecule has 190 valence electrons. The molecule has 0 aromatic rings. The molecular formula is C20H45NbO10. The van der Waals surface area contributed by atoms with E-state index in [1.807, 2.05) is 34.6 Å². The third-order valence-corrected chi connectivity index (χ3v) is 2.16. The minimum absolute atomic E-state index is 0. The number of rotatable bonds is 15. The summed E-state index contributed by atoms with van der Waals surface area (Å²) in [7, 11) is 0. The van der Waals surface area contributed by atoms with E-state index in [1.54, 1.807) is 0 Å². The Hall–Kier alpha value is 0.340. The van der Waals surface area contributed by atoms with Gasteiger partial charge >= 0.3 is 22.4 Å². The van der Waals surface area contributed by atoms with E-state index in [0.29, 0.717) is 66.1 Å². The quantitative estimate of drug-likeness (QED) is 0.154. The van der Waals surface area contributed by atoms with Gasteiger partial charge in [-0.2, -0.15) is 0 Å². The van der Waals surface area contributed by atoms with Crippen LogP contribution in [0.15, 0.2) is 0 Å². The van der Waals surface area contributed by atoms with E-state index < -0.39 is 0 Å². The predicted molar refractivity (Wildman–Crippen MR) is 107 cm³/mol. The van der Waals surface area contributed by atoms with Crippen LogP contribution in [0.4, 0.5) is 0 Å². The van der Waals surface area contributed by atoms with Crippen molar-refractivity contribution in [2.45, 2.75) is 34.6 Å². The largest absolute Gasteiger partial charge is 5.00 e. The average molecular weight is 538 g/mol. The molecule has 0 saturated heterocycles. The zero-order chi connectivity index (χ0) is 24.1.